The third-order valence-electron chi connectivity index (χ3n) is 7.64. The number of halogens is 3. The first-order valence-electron chi connectivity index (χ1n) is 13.9. The summed E-state index contributed by atoms with van der Waals surface area (Å²) in [5.41, 5.74) is -3.38. The van der Waals surface area contributed by atoms with Crippen molar-refractivity contribution in [2.24, 2.45) is 0 Å². The van der Waals surface area contributed by atoms with Crippen molar-refractivity contribution in [2.45, 2.75) is 45.6 Å². The molecule has 2 N–H and O–H groups in total. The van der Waals surface area contributed by atoms with Gasteiger partial charge in [0.2, 0.25) is 0 Å². The lowest BCUT2D eigenvalue weighted by molar-refractivity contribution is -0.173. The zero-order valence-corrected chi connectivity index (χ0v) is 25.0. The molecule has 0 bridgehead atoms. The second-order valence-electron chi connectivity index (χ2n) is 10.9. The highest BCUT2D eigenvalue weighted by molar-refractivity contribution is 6.03. The summed E-state index contributed by atoms with van der Waals surface area (Å²) in [6.07, 6.45) is -5.08. The number of alkyl halides is 3. The number of carboxylic acid groups (broad SMARTS) is 2. The van der Waals surface area contributed by atoms with Crippen molar-refractivity contribution in [3.8, 4) is 0 Å². The summed E-state index contributed by atoms with van der Waals surface area (Å²) in [4.78, 5) is 49.9. The Morgan fingerprint density at radius 3 is 1.39 bits per heavy atom. The molecule has 0 heterocycles. The van der Waals surface area contributed by atoms with Crippen molar-refractivity contribution < 1.29 is 52.0 Å². The Morgan fingerprint density at radius 1 is 0.587 bits per heavy atom. The van der Waals surface area contributed by atoms with Gasteiger partial charge >= 0.3 is 30.1 Å². The zero-order valence-electron chi connectivity index (χ0n) is 25.0. The van der Waals surface area contributed by atoms with Gasteiger partial charge in [-0.25, -0.2) is 19.2 Å². The topological polar surface area (TPSA) is 127 Å². The Balaban J connectivity index is 1.72. The summed E-state index contributed by atoms with van der Waals surface area (Å²) in [6, 6.07) is 19.0. The molecule has 4 aromatic rings. The summed E-state index contributed by atoms with van der Waals surface area (Å²) >= 11 is 0. The predicted molar refractivity (Wildman–Crippen MR) is 160 cm³/mol. The normalized spacial score (nSPS) is 12.6. The van der Waals surface area contributed by atoms with E-state index in [2.05, 4.69) is 0 Å². The van der Waals surface area contributed by atoms with Gasteiger partial charge in [-0.15, -0.1) is 0 Å². The Hall–Kier alpha value is -5.45. The van der Waals surface area contributed by atoms with Crippen LogP contribution in [0.5, 0.6) is 0 Å². The molecule has 238 valence electrons. The third-order valence-corrected chi connectivity index (χ3v) is 7.64. The summed E-state index contributed by atoms with van der Waals surface area (Å²) in [6.45, 7) is 4.02. The molecule has 4 aromatic carbocycles. The van der Waals surface area contributed by atoms with Crippen LogP contribution < -0.4 is 0 Å². The molecule has 0 amide bonds. The number of benzene rings is 4. The summed E-state index contributed by atoms with van der Waals surface area (Å²) in [7, 11) is 0. The van der Waals surface area contributed by atoms with Crippen LogP contribution in [0, 0.1) is 13.8 Å². The van der Waals surface area contributed by atoms with Crippen LogP contribution in [0.1, 0.15) is 81.7 Å². The number of carbonyl (C=O) groups is 4. The highest BCUT2D eigenvalue weighted by atomic mass is 19.4. The molecule has 0 fully saturated rings. The summed E-state index contributed by atoms with van der Waals surface area (Å²) < 4.78 is 55.3. The standard InChI is InChI=1S/C35H29F3O8/c1-20-4-8-22(9-5-20)18-45-32(43)27-15-13-24(16-28(27)31(41)42)34(3,35(36,37)38)25-12-14-26(30(39)40)29(17-25)33(44)46-19-23-10-6-21(2)7-11-23/h4-17H,18-19H2,1-3H3,(H,39,40)(H,41,42). The third kappa shape index (κ3) is 7.09. The molecule has 0 saturated heterocycles. The second kappa shape index (κ2) is 13.3. The number of ether oxygens (including phenoxy) is 2. The largest absolute Gasteiger partial charge is 0.478 e. The second-order valence-corrected chi connectivity index (χ2v) is 10.9. The van der Waals surface area contributed by atoms with Gasteiger partial charge in [-0.3, -0.25) is 0 Å². The van der Waals surface area contributed by atoms with Gasteiger partial charge in [0.05, 0.1) is 22.3 Å². The molecule has 0 aliphatic rings. The lowest BCUT2D eigenvalue weighted by atomic mass is 9.74. The molecule has 0 aromatic heterocycles. The van der Waals surface area contributed by atoms with Gasteiger partial charge in [-0.2, -0.15) is 13.2 Å². The Bertz CT molecular complexity index is 1790. The van der Waals surface area contributed by atoms with Crippen LogP contribution in [-0.4, -0.2) is 40.3 Å². The lowest BCUT2D eigenvalue weighted by Gasteiger charge is -2.34. The maximum absolute atomic E-state index is 14.9. The van der Waals surface area contributed by atoms with E-state index in [0.29, 0.717) is 11.1 Å². The predicted octanol–water partition coefficient (Wildman–Crippen LogP) is 7.28. The van der Waals surface area contributed by atoms with E-state index in [-0.39, 0.29) is 13.2 Å². The van der Waals surface area contributed by atoms with E-state index >= 15 is 0 Å². The smallest absolute Gasteiger partial charge is 0.402 e. The average molecular weight is 635 g/mol. The van der Waals surface area contributed by atoms with Crippen LogP contribution in [0.15, 0.2) is 84.9 Å². The zero-order chi connectivity index (χ0) is 33.8. The van der Waals surface area contributed by atoms with E-state index in [4.69, 9.17) is 9.47 Å². The lowest BCUT2D eigenvalue weighted by Crippen LogP contribution is -2.41. The highest BCUT2D eigenvalue weighted by Crippen LogP contribution is 2.47. The molecule has 8 nitrogen and oxygen atoms in total. The first-order chi connectivity index (χ1) is 21.6. The molecule has 1 atom stereocenters. The number of esters is 2. The fourth-order valence-electron chi connectivity index (χ4n) is 4.74. The summed E-state index contributed by atoms with van der Waals surface area (Å²) in [5.74, 6) is -5.45. The number of carboxylic acids is 2. The van der Waals surface area contributed by atoms with Gasteiger partial charge in [0, 0.05) is 0 Å². The van der Waals surface area contributed by atoms with Gasteiger partial charge < -0.3 is 19.7 Å². The maximum Gasteiger partial charge on any atom is 0.402 e. The van der Waals surface area contributed by atoms with E-state index in [0.717, 1.165) is 54.4 Å². The molecular formula is C35H29F3O8. The molecule has 0 saturated carbocycles. The Labute approximate surface area is 262 Å². The number of hydrogen-bond donors (Lipinski definition) is 2. The van der Waals surface area contributed by atoms with Crippen LogP contribution in [-0.2, 0) is 28.1 Å². The van der Waals surface area contributed by atoms with Gasteiger partial charge in [-0.1, -0.05) is 71.8 Å². The molecule has 1 unspecified atom stereocenters. The molecule has 11 heteroatoms. The van der Waals surface area contributed by atoms with Crippen molar-refractivity contribution in [1.82, 2.24) is 0 Å². The van der Waals surface area contributed by atoms with Crippen LogP contribution in [0.2, 0.25) is 0 Å². The minimum atomic E-state index is -5.08. The minimum absolute atomic E-state index is 0.196. The van der Waals surface area contributed by atoms with Crippen molar-refractivity contribution in [1.29, 1.82) is 0 Å². The number of aromatic carboxylic acids is 2. The van der Waals surface area contributed by atoms with Crippen molar-refractivity contribution >= 4 is 23.9 Å². The van der Waals surface area contributed by atoms with Crippen LogP contribution in [0.25, 0.3) is 0 Å². The quantitative estimate of drug-likeness (QED) is 0.174. The van der Waals surface area contributed by atoms with E-state index in [1.165, 1.54) is 0 Å². The van der Waals surface area contributed by atoms with Crippen LogP contribution >= 0.6 is 0 Å². The van der Waals surface area contributed by atoms with E-state index in [1.54, 1.807) is 48.5 Å². The van der Waals surface area contributed by atoms with Crippen molar-refractivity contribution in [3.05, 3.63) is 141 Å². The monoisotopic (exact) mass is 634 g/mol. The van der Waals surface area contributed by atoms with Crippen LogP contribution in [0.3, 0.4) is 0 Å². The highest BCUT2D eigenvalue weighted by Gasteiger charge is 2.54. The first kappa shape index (κ1) is 33.4. The first-order valence-corrected chi connectivity index (χ1v) is 13.9. The minimum Gasteiger partial charge on any atom is -0.478 e. The maximum atomic E-state index is 14.9. The fourth-order valence-corrected chi connectivity index (χ4v) is 4.74. The van der Waals surface area contributed by atoms with Crippen molar-refractivity contribution in [2.75, 3.05) is 0 Å². The van der Waals surface area contributed by atoms with E-state index in [1.807, 2.05) is 13.8 Å². The molecule has 4 rings (SSSR count). The Morgan fingerprint density at radius 2 is 0.978 bits per heavy atom. The Kier molecular flexibility index (Phi) is 9.65. The molecule has 46 heavy (non-hydrogen) atoms. The average Bonchev–Trinajstić information content (AvgIpc) is 3.02. The van der Waals surface area contributed by atoms with Crippen molar-refractivity contribution in [3.63, 3.8) is 0 Å². The van der Waals surface area contributed by atoms with Gasteiger partial charge in [-0.05, 0) is 67.3 Å². The number of aryl methyl sites for hydroxylation is 2. The molecular weight excluding hydrogens is 605 g/mol. The SMILES string of the molecule is Cc1ccc(COC(=O)c2ccc(C(C)(c3ccc(C(=O)O)c(C(=O)OCc4ccc(C)cc4)c3)C(F)(F)F)cc2C(=O)O)cc1. The summed E-state index contributed by atoms with van der Waals surface area (Å²) in [5, 5.41) is 19.5. The van der Waals surface area contributed by atoms with Gasteiger partial charge in [0.25, 0.3) is 0 Å². The fraction of sp³-hybridized carbons (Fsp3) is 0.200. The van der Waals surface area contributed by atoms with Gasteiger partial charge in [0.15, 0.2) is 0 Å². The molecule has 0 spiro atoms. The number of rotatable bonds is 10. The number of carbonyl (C=O) groups excluding carboxylic acids is 2. The molecule has 0 aliphatic heterocycles. The van der Waals surface area contributed by atoms with E-state index < -0.39 is 68.8 Å². The van der Waals surface area contributed by atoms with Gasteiger partial charge in [0.1, 0.15) is 18.6 Å². The molecule has 0 radical (unpaired) electrons. The van der Waals surface area contributed by atoms with E-state index in [9.17, 15) is 42.6 Å². The van der Waals surface area contributed by atoms with Crippen LogP contribution in [0.4, 0.5) is 13.2 Å². The number of hydrogen-bond acceptors (Lipinski definition) is 6. The molecule has 0 aliphatic carbocycles.